The molecule has 0 bridgehead atoms. The van der Waals surface area contributed by atoms with E-state index in [0.29, 0.717) is 21.3 Å². The average molecular weight is 901 g/mol. The number of aromatic hydroxyl groups is 2. The number of nitriles is 1. The number of nitrogens with one attached hydrogen (secondary N) is 2. The van der Waals surface area contributed by atoms with Gasteiger partial charge in [0.1, 0.15) is 28.7 Å². The maximum atomic E-state index is 13.4. The van der Waals surface area contributed by atoms with Crippen molar-refractivity contribution in [2.24, 2.45) is 20.5 Å². The summed E-state index contributed by atoms with van der Waals surface area (Å²) in [6.07, 6.45) is 0. The van der Waals surface area contributed by atoms with Gasteiger partial charge in [-0.05, 0) is 55.8 Å². The Labute approximate surface area is 369 Å². The molecule has 0 saturated heterocycles. The van der Waals surface area contributed by atoms with Crippen molar-refractivity contribution >= 4 is 64.1 Å². The van der Waals surface area contributed by atoms with Crippen molar-refractivity contribution in [1.82, 2.24) is 19.8 Å². The zero-order chi connectivity index (χ0) is 48.6. The third-order valence-electron chi connectivity index (χ3n) is 9.64. The highest BCUT2D eigenvalue weighted by Gasteiger charge is 2.27. The lowest BCUT2D eigenvalue weighted by Gasteiger charge is -2.16. The molecule has 0 saturated carbocycles. The summed E-state index contributed by atoms with van der Waals surface area (Å²) in [6.45, 7) is 7.84. The smallest absolute Gasteiger partial charge is 0.337 e. The van der Waals surface area contributed by atoms with Crippen LogP contribution in [0.3, 0.4) is 0 Å². The van der Waals surface area contributed by atoms with Crippen LogP contribution in [0.15, 0.2) is 90.7 Å². The molecule has 2 aromatic heterocycles. The largest absolute Gasteiger partial charge is 0.503 e. The molecule has 0 spiro atoms. The Hall–Kier alpha value is -9.84. The van der Waals surface area contributed by atoms with Crippen molar-refractivity contribution in [2.45, 2.75) is 26.9 Å². The van der Waals surface area contributed by atoms with Crippen LogP contribution in [0.25, 0.3) is 4.85 Å². The number of hydrogen-bond donors (Lipinski definition) is 8. The molecule has 0 aliphatic rings. The molecule has 5 rings (SSSR count). The van der Waals surface area contributed by atoms with Gasteiger partial charge in [0, 0.05) is 31.7 Å². The highest BCUT2D eigenvalue weighted by Crippen LogP contribution is 2.35. The van der Waals surface area contributed by atoms with E-state index in [1.54, 1.807) is 6.07 Å². The van der Waals surface area contributed by atoms with Gasteiger partial charge in [-0.2, -0.15) is 5.26 Å². The summed E-state index contributed by atoms with van der Waals surface area (Å²) in [5, 5.41) is 90.1. The van der Waals surface area contributed by atoms with Gasteiger partial charge < -0.3 is 41.3 Å². The molecule has 0 atom stereocenters. The normalized spacial score (nSPS) is 10.9. The Morgan fingerprint density at radius 3 is 1.41 bits per heavy atom. The van der Waals surface area contributed by atoms with Crippen LogP contribution in [-0.2, 0) is 13.1 Å². The van der Waals surface area contributed by atoms with Crippen LogP contribution in [0.5, 0.6) is 11.8 Å². The summed E-state index contributed by atoms with van der Waals surface area (Å²) >= 11 is 0. The van der Waals surface area contributed by atoms with Crippen LogP contribution in [-0.4, -0.2) is 88.6 Å². The van der Waals surface area contributed by atoms with Gasteiger partial charge in [-0.15, -0.1) is 20.5 Å². The summed E-state index contributed by atoms with van der Waals surface area (Å²) in [6, 6.07) is 13.8. The van der Waals surface area contributed by atoms with Gasteiger partial charge in [0.15, 0.2) is 11.6 Å². The van der Waals surface area contributed by atoms with Gasteiger partial charge in [-0.25, -0.2) is 24.0 Å². The maximum Gasteiger partial charge on any atom is 0.337 e. The lowest BCUT2D eigenvalue weighted by molar-refractivity contribution is 0.0675. The van der Waals surface area contributed by atoms with Crippen molar-refractivity contribution in [3.8, 4) is 17.8 Å². The first-order valence-electron chi connectivity index (χ1n) is 18.7. The second kappa shape index (κ2) is 19.9. The Morgan fingerprint density at radius 2 is 1.02 bits per heavy atom. The number of carboxylic acid groups (broad SMARTS) is 4. The number of amides is 2. The molecule has 0 fully saturated rings. The molecule has 0 aliphatic carbocycles. The van der Waals surface area contributed by atoms with Crippen LogP contribution in [0.4, 0.5) is 28.4 Å². The van der Waals surface area contributed by atoms with E-state index in [1.807, 2.05) is 0 Å². The van der Waals surface area contributed by atoms with Gasteiger partial charge >= 0.3 is 23.9 Å². The highest BCUT2D eigenvalue weighted by atomic mass is 16.4. The first kappa shape index (κ1) is 47.2. The Kier molecular flexibility index (Phi) is 14.2. The van der Waals surface area contributed by atoms with Crippen molar-refractivity contribution in [3.63, 3.8) is 0 Å². The molecule has 8 N–H and O–H groups in total. The number of aromatic nitrogens is 2. The van der Waals surface area contributed by atoms with E-state index in [0.717, 1.165) is 0 Å². The molecule has 0 radical (unpaired) electrons. The number of aromatic carboxylic acids is 4. The van der Waals surface area contributed by atoms with Crippen LogP contribution in [0, 0.1) is 31.8 Å². The van der Waals surface area contributed by atoms with Crippen LogP contribution < -0.4 is 21.8 Å². The highest BCUT2D eigenvalue weighted by molar-refractivity contribution is 6.11. The Balaban J connectivity index is 1.38. The fourth-order valence-electron chi connectivity index (χ4n) is 6.29. The SMILES string of the molecule is [C-]#[N+]c1c(C)c(N=Nc2ccccc2C(=O)O)c(=O)n(CCNC(=O)c2cc(C(=O)O)c(C(=O)NCCn3c(O)c(C#N)c(C)c(N=Nc4ccccc4C(=O)O)c3=O)cc2C(=O)O)c1O. The molecule has 3 aromatic carbocycles. The molecule has 2 amide bonds. The number of carbonyl (C=O) groups excluding carboxylic acids is 2. The van der Waals surface area contributed by atoms with Gasteiger partial charge in [-0.3, -0.25) is 28.3 Å². The summed E-state index contributed by atoms with van der Waals surface area (Å²) in [5.41, 5.74) is -8.03. The summed E-state index contributed by atoms with van der Waals surface area (Å²) in [4.78, 5) is 105. The number of hydrogen-bond acceptors (Lipinski definition) is 15. The van der Waals surface area contributed by atoms with Crippen LogP contribution in [0.2, 0.25) is 0 Å². The standard InChI is InChI=1S/C42H32N10O14/c1-19-27(18-43)35(55)51(37(57)31(19)49-47-28-10-6-4-8-21(28)39(59)60)14-12-45-33(53)23-16-26(42(65)66)24(17-25(23)41(63)64)34(54)46-13-15-52-36(56)30(44-3)20(2)32(38(52)58)50-48-29-11-7-5-9-22(29)40(61)62/h4-11,16-17,55-56H,12-15H2,1-2H3,(H,45,53)(H,46,54)(H,59,60)(H,61,62)(H,63,64)(H,65,66). The van der Waals surface area contributed by atoms with Crippen molar-refractivity contribution in [1.29, 1.82) is 5.26 Å². The summed E-state index contributed by atoms with van der Waals surface area (Å²) in [7, 11) is 0. The van der Waals surface area contributed by atoms with E-state index in [9.17, 15) is 74.3 Å². The fraction of sp³-hybridized carbons (Fsp3) is 0.143. The van der Waals surface area contributed by atoms with Crippen molar-refractivity contribution < 1.29 is 59.4 Å². The number of carboxylic acids is 4. The average Bonchev–Trinajstić information content (AvgIpc) is 3.28. The Bertz CT molecular complexity index is 2960. The topological polar surface area (TPSA) is 369 Å². The zero-order valence-electron chi connectivity index (χ0n) is 34.1. The molecule has 334 valence electrons. The second-order valence-corrected chi connectivity index (χ2v) is 13.6. The van der Waals surface area contributed by atoms with Gasteiger partial charge in [0.25, 0.3) is 22.9 Å². The minimum Gasteiger partial charge on any atom is -0.503 e. The predicted molar refractivity (Wildman–Crippen MR) is 225 cm³/mol. The van der Waals surface area contributed by atoms with Gasteiger partial charge in [0.05, 0.1) is 40.0 Å². The molecule has 0 unspecified atom stereocenters. The zero-order valence-corrected chi connectivity index (χ0v) is 34.1. The van der Waals surface area contributed by atoms with E-state index in [2.05, 4.69) is 35.9 Å². The van der Waals surface area contributed by atoms with Crippen LogP contribution >= 0.6 is 0 Å². The van der Waals surface area contributed by atoms with Crippen molar-refractivity contribution in [2.75, 3.05) is 13.1 Å². The number of nitrogens with zero attached hydrogens (tertiary/aromatic N) is 8. The third-order valence-corrected chi connectivity index (χ3v) is 9.64. The van der Waals surface area contributed by atoms with E-state index in [-0.39, 0.29) is 33.6 Å². The predicted octanol–water partition coefficient (Wildman–Crippen LogP) is 4.94. The third kappa shape index (κ3) is 9.62. The number of azo groups is 2. The maximum absolute atomic E-state index is 13.4. The molecule has 0 aliphatic heterocycles. The van der Waals surface area contributed by atoms with Crippen LogP contribution in [0.1, 0.15) is 78.8 Å². The lowest BCUT2D eigenvalue weighted by atomic mass is 9.97. The van der Waals surface area contributed by atoms with E-state index < -0.39 is 130 Å². The first-order chi connectivity index (χ1) is 31.3. The molecule has 24 nitrogen and oxygen atoms in total. The number of pyridine rings is 2. The fourth-order valence-corrected chi connectivity index (χ4v) is 6.29. The van der Waals surface area contributed by atoms with Crippen molar-refractivity contribution in [3.05, 3.63) is 143 Å². The number of rotatable bonds is 16. The lowest BCUT2D eigenvalue weighted by Crippen LogP contribution is -2.34. The molecule has 66 heavy (non-hydrogen) atoms. The minimum absolute atomic E-state index is 0.106. The molecule has 5 aromatic rings. The summed E-state index contributed by atoms with van der Waals surface area (Å²) < 4.78 is 1.28. The second-order valence-electron chi connectivity index (χ2n) is 13.6. The van der Waals surface area contributed by atoms with Gasteiger partial charge in [0.2, 0.25) is 11.6 Å². The minimum atomic E-state index is -1.79. The van der Waals surface area contributed by atoms with E-state index in [4.69, 9.17) is 6.57 Å². The first-order valence-corrected chi connectivity index (χ1v) is 18.7. The molecular weight excluding hydrogens is 869 g/mol. The molecular formula is C42H32N10O14. The molecule has 24 heteroatoms. The quantitative estimate of drug-likeness (QED) is 0.0480. The van der Waals surface area contributed by atoms with Gasteiger partial charge in [-0.1, -0.05) is 24.3 Å². The molecule has 2 heterocycles. The summed E-state index contributed by atoms with van der Waals surface area (Å²) in [5.74, 6) is -10.3. The van der Waals surface area contributed by atoms with E-state index in [1.165, 1.54) is 62.4 Å². The Morgan fingerprint density at radius 1 is 0.621 bits per heavy atom. The van der Waals surface area contributed by atoms with E-state index >= 15 is 0 Å². The number of carbonyl (C=O) groups is 6. The monoisotopic (exact) mass is 900 g/mol. The number of benzene rings is 3.